The van der Waals surface area contributed by atoms with E-state index in [1.54, 1.807) is 0 Å². The van der Waals surface area contributed by atoms with Crippen LogP contribution < -0.4 is 5.32 Å². The van der Waals surface area contributed by atoms with Gasteiger partial charge in [-0.2, -0.15) is 0 Å². The molecule has 0 amide bonds. The Morgan fingerprint density at radius 3 is 2.95 bits per heavy atom. The van der Waals surface area contributed by atoms with Gasteiger partial charge in [0.05, 0.1) is 5.69 Å². The van der Waals surface area contributed by atoms with Crippen LogP contribution in [0.15, 0.2) is 12.3 Å². The molecular formula is C17H29N3. The smallest absolute Gasteiger partial charge is 0.131 e. The highest BCUT2D eigenvalue weighted by Crippen LogP contribution is 2.35. The van der Waals surface area contributed by atoms with E-state index in [9.17, 15) is 0 Å². The minimum Gasteiger partial charge on any atom is -0.311 e. The van der Waals surface area contributed by atoms with Crippen LogP contribution in [-0.2, 0) is 6.54 Å². The third-order valence-corrected chi connectivity index (χ3v) is 4.32. The Hall–Kier alpha value is -0.960. The van der Waals surface area contributed by atoms with E-state index in [0.29, 0.717) is 11.8 Å². The molecule has 1 fully saturated rings. The molecule has 1 aliphatic carbocycles. The summed E-state index contributed by atoms with van der Waals surface area (Å²) >= 11 is 0. The van der Waals surface area contributed by atoms with E-state index in [1.165, 1.54) is 32.1 Å². The fraction of sp³-hybridized carbons (Fsp3) is 0.765. The van der Waals surface area contributed by atoms with E-state index >= 15 is 0 Å². The average molecular weight is 275 g/mol. The molecule has 1 aromatic rings. The van der Waals surface area contributed by atoms with Gasteiger partial charge < -0.3 is 5.32 Å². The molecule has 2 unspecified atom stereocenters. The van der Waals surface area contributed by atoms with Crippen LogP contribution in [0.25, 0.3) is 0 Å². The van der Waals surface area contributed by atoms with Gasteiger partial charge in [0.25, 0.3) is 0 Å². The Balaban J connectivity index is 1.94. The lowest BCUT2D eigenvalue weighted by molar-refractivity contribution is 0.306. The van der Waals surface area contributed by atoms with Gasteiger partial charge in [-0.05, 0) is 37.3 Å². The van der Waals surface area contributed by atoms with Gasteiger partial charge in [0.15, 0.2) is 0 Å². The first-order valence-electron chi connectivity index (χ1n) is 8.21. The lowest BCUT2D eigenvalue weighted by Gasteiger charge is -2.27. The Kier molecular flexibility index (Phi) is 5.96. The van der Waals surface area contributed by atoms with E-state index in [1.807, 2.05) is 12.3 Å². The van der Waals surface area contributed by atoms with E-state index in [-0.39, 0.29) is 0 Å². The summed E-state index contributed by atoms with van der Waals surface area (Å²) in [6.07, 6.45) is 8.50. The van der Waals surface area contributed by atoms with Crippen molar-refractivity contribution in [2.75, 3.05) is 6.54 Å². The fourth-order valence-corrected chi connectivity index (χ4v) is 3.09. The number of aromatic nitrogens is 2. The van der Waals surface area contributed by atoms with E-state index in [2.05, 4.69) is 31.1 Å². The molecule has 2 atom stereocenters. The Labute approximate surface area is 123 Å². The van der Waals surface area contributed by atoms with Crippen molar-refractivity contribution in [2.24, 2.45) is 11.8 Å². The van der Waals surface area contributed by atoms with Crippen molar-refractivity contribution in [2.45, 2.75) is 65.3 Å². The molecule has 112 valence electrons. The van der Waals surface area contributed by atoms with Crippen molar-refractivity contribution >= 4 is 0 Å². The molecule has 1 aliphatic rings. The second-order valence-corrected chi connectivity index (χ2v) is 6.57. The number of hydrogen-bond acceptors (Lipinski definition) is 3. The molecule has 1 N–H and O–H groups in total. The zero-order valence-electron chi connectivity index (χ0n) is 13.2. The van der Waals surface area contributed by atoms with Crippen molar-refractivity contribution in [1.29, 1.82) is 0 Å². The van der Waals surface area contributed by atoms with Crippen LogP contribution in [0.5, 0.6) is 0 Å². The van der Waals surface area contributed by atoms with Crippen molar-refractivity contribution < 1.29 is 0 Å². The minimum absolute atomic E-state index is 0.582. The molecule has 0 spiro atoms. The van der Waals surface area contributed by atoms with Gasteiger partial charge in [-0.25, -0.2) is 9.97 Å². The first-order valence-corrected chi connectivity index (χ1v) is 8.21. The molecule has 0 radical (unpaired) electrons. The Morgan fingerprint density at radius 1 is 1.35 bits per heavy atom. The zero-order chi connectivity index (χ0) is 14.4. The van der Waals surface area contributed by atoms with Crippen molar-refractivity contribution in [1.82, 2.24) is 15.3 Å². The van der Waals surface area contributed by atoms with Crippen molar-refractivity contribution in [3.05, 3.63) is 23.8 Å². The van der Waals surface area contributed by atoms with Gasteiger partial charge in [0, 0.05) is 18.7 Å². The maximum Gasteiger partial charge on any atom is 0.131 e. The van der Waals surface area contributed by atoms with Gasteiger partial charge in [-0.1, -0.05) is 40.0 Å². The molecule has 1 saturated carbocycles. The summed E-state index contributed by atoms with van der Waals surface area (Å²) in [6.45, 7) is 8.66. The minimum atomic E-state index is 0.582. The molecule has 0 bridgehead atoms. The van der Waals surface area contributed by atoms with Crippen molar-refractivity contribution in [3.8, 4) is 0 Å². The highest BCUT2D eigenvalue weighted by atomic mass is 14.9. The van der Waals surface area contributed by atoms with E-state index in [0.717, 1.165) is 30.5 Å². The van der Waals surface area contributed by atoms with Gasteiger partial charge >= 0.3 is 0 Å². The summed E-state index contributed by atoms with van der Waals surface area (Å²) in [6, 6.07) is 2.04. The van der Waals surface area contributed by atoms with Gasteiger partial charge in [0.2, 0.25) is 0 Å². The third kappa shape index (κ3) is 4.55. The van der Waals surface area contributed by atoms with Gasteiger partial charge in [-0.15, -0.1) is 0 Å². The predicted octanol–water partition coefficient (Wildman–Crippen LogP) is 3.91. The lowest BCUT2D eigenvalue weighted by atomic mass is 9.80. The highest BCUT2D eigenvalue weighted by molar-refractivity contribution is 5.06. The molecule has 3 heteroatoms. The van der Waals surface area contributed by atoms with Crippen LogP contribution >= 0.6 is 0 Å². The lowest BCUT2D eigenvalue weighted by Crippen LogP contribution is -2.21. The number of hydrogen-bond donors (Lipinski definition) is 1. The third-order valence-electron chi connectivity index (χ3n) is 4.32. The fourth-order valence-electron chi connectivity index (χ4n) is 3.09. The second-order valence-electron chi connectivity index (χ2n) is 6.57. The molecule has 2 rings (SSSR count). The van der Waals surface area contributed by atoms with Crippen molar-refractivity contribution in [3.63, 3.8) is 0 Å². The molecule has 0 aliphatic heterocycles. The maximum absolute atomic E-state index is 4.79. The predicted molar refractivity (Wildman–Crippen MR) is 83.6 cm³/mol. The average Bonchev–Trinajstić information content (AvgIpc) is 2.47. The Morgan fingerprint density at radius 2 is 2.20 bits per heavy atom. The number of rotatable bonds is 6. The Bertz CT molecular complexity index is 403. The molecule has 1 heterocycles. The van der Waals surface area contributed by atoms with Crippen LogP contribution in [0.4, 0.5) is 0 Å². The van der Waals surface area contributed by atoms with Crippen LogP contribution in [-0.4, -0.2) is 16.5 Å². The summed E-state index contributed by atoms with van der Waals surface area (Å²) in [5.41, 5.74) is 1.13. The number of nitrogens with zero attached hydrogens (tertiary/aromatic N) is 2. The van der Waals surface area contributed by atoms with Gasteiger partial charge in [-0.3, -0.25) is 0 Å². The van der Waals surface area contributed by atoms with Gasteiger partial charge in [0.1, 0.15) is 5.82 Å². The largest absolute Gasteiger partial charge is 0.311 e. The van der Waals surface area contributed by atoms with Crippen LogP contribution in [0, 0.1) is 11.8 Å². The highest BCUT2D eigenvalue weighted by Gasteiger charge is 2.24. The summed E-state index contributed by atoms with van der Waals surface area (Å²) in [5.74, 6) is 3.21. The summed E-state index contributed by atoms with van der Waals surface area (Å²) < 4.78 is 0. The second kappa shape index (κ2) is 7.72. The summed E-state index contributed by atoms with van der Waals surface area (Å²) in [5, 5.41) is 3.46. The maximum atomic E-state index is 4.79. The van der Waals surface area contributed by atoms with Crippen LogP contribution in [0.2, 0.25) is 0 Å². The molecular weight excluding hydrogens is 246 g/mol. The molecule has 20 heavy (non-hydrogen) atoms. The summed E-state index contributed by atoms with van der Waals surface area (Å²) in [4.78, 5) is 9.32. The molecule has 1 aromatic heterocycles. The summed E-state index contributed by atoms with van der Waals surface area (Å²) in [7, 11) is 0. The number of nitrogens with one attached hydrogen (secondary N) is 1. The quantitative estimate of drug-likeness (QED) is 0.855. The SMILES string of the molecule is CCC1CCCC(c2nccc(CNCC(C)C)n2)C1. The normalized spacial score (nSPS) is 23.2. The van der Waals surface area contributed by atoms with E-state index < -0.39 is 0 Å². The zero-order valence-corrected chi connectivity index (χ0v) is 13.2. The van der Waals surface area contributed by atoms with Crippen LogP contribution in [0.1, 0.15) is 70.3 Å². The molecule has 0 saturated heterocycles. The first-order chi connectivity index (χ1) is 9.69. The van der Waals surface area contributed by atoms with E-state index in [4.69, 9.17) is 4.98 Å². The topological polar surface area (TPSA) is 37.8 Å². The molecule has 0 aromatic carbocycles. The molecule has 3 nitrogen and oxygen atoms in total. The first kappa shape index (κ1) is 15.4. The monoisotopic (exact) mass is 275 g/mol. The van der Waals surface area contributed by atoms with Crippen LogP contribution in [0.3, 0.4) is 0 Å². The standard InChI is InChI=1S/C17H29N3/c1-4-14-6-5-7-15(10-14)17-19-9-8-16(20-17)12-18-11-13(2)3/h8-9,13-15,18H,4-7,10-12H2,1-3H3.